The van der Waals surface area contributed by atoms with E-state index in [0.717, 1.165) is 29.0 Å². The van der Waals surface area contributed by atoms with Crippen molar-refractivity contribution in [3.05, 3.63) is 57.9 Å². The van der Waals surface area contributed by atoms with Crippen molar-refractivity contribution in [1.82, 2.24) is 0 Å². The van der Waals surface area contributed by atoms with Crippen LogP contribution in [0.4, 0.5) is 0 Å². The fourth-order valence-electron chi connectivity index (χ4n) is 2.94. The van der Waals surface area contributed by atoms with Crippen molar-refractivity contribution in [1.29, 1.82) is 0 Å². The third kappa shape index (κ3) is 2.64. The lowest BCUT2D eigenvalue weighted by Crippen LogP contribution is -2.08. The molecule has 0 amide bonds. The van der Waals surface area contributed by atoms with Crippen LogP contribution in [-0.2, 0) is 6.42 Å². The first kappa shape index (κ1) is 16.1. The van der Waals surface area contributed by atoms with Crippen LogP contribution < -0.4 is 14.9 Å². The molecular weight excluding hydrogens is 304 g/mol. The molecule has 0 bridgehead atoms. The van der Waals surface area contributed by atoms with Crippen LogP contribution in [-0.4, -0.2) is 14.2 Å². The van der Waals surface area contributed by atoms with Crippen molar-refractivity contribution in [2.24, 2.45) is 0 Å². The second kappa shape index (κ2) is 6.40. The van der Waals surface area contributed by atoms with Gasteiger partial charge in [-0.15, -0.1) is 0 Å². The first-order chi connectivity index (χ1) is 11.6. The third-order valence-corrected chi connectivity index (χ3v) is 4.23. The molecule has 3 aromatic rings. The van der Waals surface area contributed by atoms with Gasteiger partial charge in [-0.3, -0.25) is 4.79 Å². The zero-order chi connectivity index (χ0) is 17.3. The van der Waals surface area contributed by atoms with E-state index in [9.17, 15) is 4.79 Å². The highest BCUT2D eigenvalue weighted by Crippen LogP contribution is 2.29. The maximum Gasteiger partial charge on any atom is 0.200 e. The summed E-state index contributed by atoms with van der Waals surface area (Å²) >= 11 is 0. The molecule has 0 aliphatic heterocycles. The Morgan fingerprint density at radius 3 is 2.33 bits per heavy atom. The van der Waals surface area contributed by atoms with Gasteiger partial charge in [0.25, 0.3) is 0 Å². The number of methoxy groups -OCH3 is 2. The summed E-state index contributed by atoms with van der Waals surface area (Å²) in [5.74, 6) is 2.08. The van der Waals surface area contributed by atoms with Crippen molar-refractivity contribution >= 4 is 11.0 Å². The molecule has 0 saturated carbocycles. The molecular formula is C20H20O4. The second-order valence-corrected chi connectivity index (χ2v) is 5.60. The molecule has 1 heterocycles. The predicted octanol–water partition coefficient (Wildman–Crippen LogP) is 4.35. The molecule has 0 spiro atoms. The van der Waals surface area contributed by atoms with Crippen LogP contribution in [0.5, 0.6) is 11.5 Å². The predicted molar refractivity (Wildman–Crippen MR) is 95.1 cm³/mol. The van der Waals surface area contributed by atoms with Gasteiger partial charge in [-0.05, 0) is 42.7 Å². The summed E-state index contributed by atoms with van der Waals surface area (Å²) in [5.41, 5.74) is 2.90. The zero-order valence-corrected chi connectivity index (χ0v) is 14.3. The highest BCUT2D eigenvalue weighted by molar-refractivity contribution is 5.84. The van der Waals surface area contributed by atoms with Gasteiger partial charge in [0.1, 0.15) is 22.8 Å². The molecule has 0 N–H and O–H groups in total. The Balaban J connectivity index is 2.27. The van der Waals surface area contributed by atoms with Gasteiger partial charge in [0.15, 0.2) is 0 Å². The number of aryl methyl sites for hydroxylation is 2. The lowest BCUT2D eigenvalue weighted by atomic mass is 10.0. The van der Waals surface area contributed by atoms with E-state index in [4.69, 9.17) is 13.9 Å². The third-order valence-electron chi connectivity index (χ3n) is 4.23. The van der Waals surface area contributed by atoms with Crippen LogP contribution in [0.1, 0.15) is 18.2 Å². The molecule has 0 aliphatic carbocycles. The van der Waals surface area contributed by atoms with Gasteiger partial charge in [-0.1, -0.05) is 19.1 Å². The van der Waals surface area contributed by atoms with Gasteiger partial charge < -0.3 is 13.9 Å². The number of hydrogen-bond acceptors (Lipinski definition) is 4. The Hall–Kier alpha value is -2.75. The quantitative estimate of drug-likeness (QED) is 0.716. The Morgan fingerprint density at radius 1 is 1.04 bits per heavy atom. The minimum atomic E-state index is -0.0312. The molecule has 2 aromatic carbocycles. The molecule has 4 heteroatoms. The van der Waals surface area contributed by atoms with Gasteiger partial charge >= 0.3 is 0 Å². The smallest absolute Gasteiger partial charge is 0.200 e. The molecule has 0 radical (unpaired) electrons. The van der Waals surface area contributed by atoms with E-state index >= 15 is 0 Å². The van der Waals surface area contributed by atoms with E-state index in [0.29, 0.717) is 22.3 Å². The van der Waals surface area contributed by atoms with E-state index in [1.165, 1.54) is 0 Å². The normalized spacial score (nSPS) is 10.8. The Labute approximate surface area is 140 Å². The number of rotatable bonds is 4. The first-order valence-electron chi connectivity index (χ1n) is 7.87. The second-order valence-electron chi connectivity index (χ2n) is 5.60. The first-order valence-corrected chi connectivity index (χ1v) is 7.87. The summed E-state index contributed by atoms with van der Waals surface area (Å²) in [6.45, 7) is 3.84. The minimum Gasteiger partial charge on any atom is -0.497 e. The van der Waals surface area contributed by atoms with E-state index in [1.807, 2.05) is 37.3 Å². The zero-order valence-electron chi connectivity index (χ0n) is 14.3. The summed E-state index contributed by atoms with van der Waals surface area (Å²) in [7, 11) is 3.24. The lowest BCUT2D eigenvalue weighted by molar-refractivity contribution is 0.409. The van der Waals surface area contributed by atoms with E-state index in [-0.39, 0.29) is 5.43 Å². The maximum absolute atomic E-state index is 13.0. The molecule has 0 fully saturated rings. The van der Waals surface area contributed by atoms with Gasteiger partial charge in [0.05, 0.1) is 25.2 Å². The van der Waals surface area contributed by atoms with Gasteiger partial charge in [-0.2, -0.15) is 0 Å². The van der Waals surface area contributed by atoms with Crippen LogP contribution in [0, 0.1) is 6.92 Å². The van der Waals surface area contributed by atoms with Crippen molar-refractivity contribution < 1.29 is 13.9 Å². The lowest BCUT2D eigenvalue weighted by Gasteiger charge is -2.11. The fraction of sp³-hybridized carbons (Fsp3) is 0.250. The highest BCUT2D eigenvalue weighted by Gasteiger charge is 2.16. The van der Waals surface area contributed by atoms with Crippen molar-refractivity contribution in [2.75, 3.05) is 14.2 Å². The summed E-state index contributed by atoms with van der Waals surface area (Å²) in [6.07, 6.45) is 0.782. The summed E-state index contributed by atoms with van der Waals surface area (Å²) in [6, 6.07) is 11.1. The summed E-state index contributed by atoms with van der Waals surface area (Å²) in [4.78, 5) is 13.0. The number of benzene rings is 2. The number of ether oxygens (including phenoxy) is 2. The van der Waals surface area contributed by atoms with Crippen LogP contribution in [0.15, 0.2) is 45.6 Å². The van der Waals surface area contributed by atoms with Crippen molar-refractivity contribution in [2.45, 2.75) is 20.3 Å². The van der Waals surface area contributed by atoms with Crippen molar-refractivity contribution in [3.8, 4) is 22.6 Å². The molecule has 3 rings (SSSR count). The Bertz CT molecular complexity index is 936. The van der Waals surface area contributed by atoms with Gasteiger partial charge in [0.2, 0.25) is 5.43 Å². The molecule has 4 nitrogen and oxygen atoms in total. The standard InChI is InChI=1S/C20H20O4/c1-5-13-10-16-18(11-17(13)23-4)24-12(2)19(20(16)21)14-6-8-15(22-3)9-7-14/h6-11H,5H2,1-4H3. The topological polar surface area (TPSA) is 48.7 Å². The van der Waals surface area contributed by atoms with Gasteiger partial charge in [0, 0.05) is 6.07 Å². The SMILES string of the molecule is CCc1cc2c(=O)c(-c3ccc(OC)cc3)c(C)oc2cc1OC. The monoisotopic (exact) mass is 324 g/mol. The molecule has 0 atom stereocenters. The van der Waals surface area contributed by atoms with Gasteiger partial charge in [-0.25, -0.2) is 0 Å². The molecule has 0 unspecified atom stereocenters. The van der Waals surface area contributed by atoms with Crippen LogP contribution in [0.3, 0.4) is 0 Å². The summed E-state index contributed by atoms with van der Waals surface area (Å²) < 4.78 is 16.5. The Kier molecular flexibility index (Phi) is 4.30. The van der Waals surface area contributed by atoms with E-state index < -0.39 is 0 Å². The average Bonchev–Trinajstić information content (AvgIpc) is 2.61. The Morgan fingerprint density at radius 2 is 1.75 bits per heavy atom. The van der Waals surface area contributed by atoms with E-state index in [1.54, 1.807) is 27.2 Å². The molecule has 0 saturated heterocycles. The largest absolute Gasteiger partial charge is 0.497 e. The maximum atomic E-state index is 13.0. The highest BCUT2D eigenvalue weighted by atomic mass is 16.5. The number of hydrogen-bond donors (Lipinski definition) is 0. The number of fused-ring (bicyclic) bond motifs is 1. The van der Waals surface area contributed by atoms with Crippen molar-refractivity contribution in [3.63, 3.8) is 0 Å². The fourth-order valence-corrected chi connectivity index (χ4v) is 2.94. The molecule has 24 heavy (non-hydrogen) atoms. The van der Waals surface area contributed by atoms with Crippen LogP contribution >= 0.6 is 0 Å². The molecule has 1 aromatic heterocycles. The summed E-state index contributed by atoms with van der Waals surface area (Å²) in [5, 5.41) is 0.573. The van der Waals surface area contributed by atoms with Crippen LogP contribution in [0.2, 0.25) is 0 Å². The minimum absolute atomic E-state index is 0.0312. The average molecular weight is 324 g/mol. The molecule has 0 aliphatic rings. The molecule has 124 valence electrons. The van der Waals surface area contributed by atoms with E-state index in [2.05, 4.69) is 0 Å². The van der Waals surface area contributed by atoms with Crippen LogP contribution in [0.25, 0.3) is 22.1 Å².